The van der Waals surface area contributed by atoms with Crippen molar-refractivity contribution in [2.45, 2.75) is 24.7 Å². The minimum atomic E-state index is -3.49. The molecule has 1 aliphatic rings. The second-order valence-electron chi connectivity index (χ2n) is 6.50. The van der Waals surface area contributed by atoms with Gasteiger partial charge in [-0.25, -0.2) is 8.42 Å². The van der Waals surface area contributed by atoms with Crippen molar-refractivity contribution in [3.63, 3.8) is 0 Å². The van der Waals surface area contributed by atoms with Gasteiger partial charge in [0.25, 0.3) is 5.91 Å². The van der Waals surface area contributed by atoms with Crippen LogP contribution in [-0.2, 0) is 10.0 Å². The molecule has 144 valence electrons. The Morgan fingerprint density at radius 2 is 1.85 bits per heavy atom. The van der Waals surface area contributed by atoms with Crippen LogP contribution >= 0.6 is 12.2 Å². The molecule has 0 radical (unpaired) electrons. The van der Waals surface area contributed by atoms with Gasteiger partial charge in [-0.1, -0.05) is 6.92 Å². The summed E-state index contributed by atoms with van der Waals surface area (Å²) in [7, 11) is -3.49. The van der Waals surface area contributed by atoms with E-state index in [0.717, 1.165) is 12.8 Å². The Morgan fingerprint density at radius 1 is 1.19 bits per heavy atom. The van der Waals surface area contributed by atoms with Crippen LogP contribution in [0.15, 0.2) is 52.0 Å². The molecule has 1 aromatic carbocycles. The van der Waals surface area contributed by atoms with E-state index in [1.54, 1.807) is 18.2 Å². The fourth-order valence-corrected chi connectivity index (χ4v) is 4.50. The number of carbonyl (C=O) groups is 1. The molecule has 0 bridgehead atoms. The fourth-order valence-electron chi connectivity index (χ4n) is 2.82. The van der Waals surface area contributed by atoms with Crippen LogP contribution in [0.25, 0.3) is 0 Å². The molecular formula is C18H21N3O4S2. The number of furan rings is 1. The van der Waals surface area contributed by atoms with Gasteiger partial charge in [-0.3, -0.25) is 10.1 Å². The monoisotopic (exact) mass is 407 g/mol. The molecule has 2 heterocycles. The highest BCUT2D eigenvalue weighted by molar-refractivity contribution is 7.89. The summed E-state index contributed by atoms with van der Waals surface area (Å²) in [6.07, 6.45) is 3.15. The van der Waals surface area contributed by atoms with Gasteiger partial charge in [0, 0.05) is 18.8 Å². The summed E-state index contributed by atoms with van der Waals surface area (Å²) in [5, 5.41) is 5.44. The van der Waals surface area contributed by atoms with Crippen LogP contribution < -0.4 is 10.6 Å². The van der Waals surface area contributed by atoms with Crippen molar-refractivity contribution in [2.75, 3.05) is 18.4 Å². The highest BCUT2D eigenvalue weighted by Gasteiger charge is 2.27. The molecule has 2 N–H and O–H groups in total. The van der Waals surface area contributed by atoms with Crippen LogP contribution in [0.4, 0.5) is 5.69 Å². The lowest BCUT2D eigenvalue weighted by atomic mass is 10.0. The number of benzene rings is 1. The van der Waals surface area contributed by atoms with Crippen LogP contribution in [0, 0.1) is 5.92 Å². The van der Waals surface area contributed by atoms with E-state index in [-0.39, 0.29) is 15.8 Å². The number of anilines is 1. The number of sulfonamides is 1. The molecule has 3 rings (SSSR count). The second-order valence-corrected chi connectivity index (χ2v) is 8.84. The minimum Gasteiger partial charge on any atom is -0.459 e. The molecule has 0 saturated carbocycles. The molecule has 27 heavy (non-hydrogen) atoms. The third-order valence-corrected chi connectivity index (χ3v) is 6.58. The van der Waals surface area contributed by atoms with Crippen LogP contribution in [-0.4, -0.2) is 36.8 Å². The number of hydrogen-bond donors (Lipinski definition) is 2. The van der Waals surface area contributed by atoms with Gasteiger partial charge in [0.15, 0.2) is 10.9 Å². The van der Waals surface area contributed by atoms with E-state index in [2.05, 4.69) is 17.6 Å². The van der Waals surface area contributed by atoms with Crippen LogP contribution in [0.5, 0.6) is 0 Å². The molecule has 1 amide bonds. The zero-order valence-electron chi connectivity index (χ0n) is 14.8. The van der Waals surface area contributed by atoms with E-state index < -0.39 is 15.9 Å². The summed E-state index contributed by atoms with van der Waals surface area (Å²) in [5.41, 5.74) is 0.575. The van der Waals surface area contributed by atoms with Crippen molar-refractivity contribution < 1.29 is 17.6 Å². The Kier molecular flexibility index (Phi) is 5.93. The first-order valence-electron chi connectivity index (χ1n) is 8.62. The van der Waals surface area contributed by atoms with Gasteiger partial charge in [0.2, 0.25) is 10.0 Å². The lowest BCUT2D eigenvalue weighted by Crippen LogP contribution is -2.37. The van der Waals surface area contributed by atoms with Gasteiger partial charge in [-0.2, -0.15) is 4.31 Å². The van der Waals surface area contributed by atoms with E-state index in [9.17, 15) is 13.2 Å². The van der Waals surface area contributed by atoms with Crippen LogP contribution in [0.2, 0.25) is 0 Å². The summed E-state index contributed by atoms with van der Waals surface area (Å²) in [5.74, 6) is 0.243. The lowest BCUT2D eigenvalue weighted by molar-refractivity contribution is 0.0950. The Bertz CT molecular complexity index is 901. The molecule has 7 nitrogen and oxygen atoms in total. The Morgan fingerprint density at radius 3 is 2.44 bits per heavy atom. The molecule has 0 atom stereocenters. The summed E-state index contributed by atoms with van der Waals surface area (Å²) < 4.78 is 32.0. The van der Waals surface area contributed by atoms with Gasteiger partial charge in [0.05, 0.1) is 11.2 Å². The maximum atomic E-state index is 12.7. The predicted molar refractivity (Wildman–Crippen MR) is 106 cm³/mol. The van der Waals surface area contributed by atoms with E-state index >= 15 is 0 Å². The zero-order valence-corrected chi connectivity index (χ0v) is 16.5. The number of nitrogens with one attached hydrogen (secondary N) is 2. The third-order valence-electron chi connectivity index (χ3n) is 4.46. The summed E-state index contributed by atoms with van der Waals surface area (Å²) in [6.45, 7) is 3.23. The maximum Gasteiger partial charge on any atom is 0.293 e. The van der Waals surface area contributed by atoms with Gasteiger partial charge < -0.3 is 9.73 Å². The molecule has 1 aliphatic heterocycles. The molecule has 1 aromatic heterocycles. The van der Waals surface area contributed by atoms with Gasteiger partial charge in [0.1, 0.15) is 0 Å². The first-order chi connectivity index (χ1) is 12.9. The van der Waals surface area contributed by atoms with Crippen molar-refractivity contribution in [3.8, 4) is 0 Å². The summed E-state index contributed by atoms with van der Waals surface area (Å²) >= 11 is 5.09. The molecule has 0 spiro atoms. The Labute approximate surface area is 163 Å². The van der Waals surface area contributed by atoms with Crippen molar-refractivity contribution in [3.05, 3.63) is 48.4 Å². The zero-order chi connectivity index (χ0) is 19.4. The average molecular weight is 408 g/mol. The third kappa shape index (κ3) is 4.74. The lowest BCUT2D eigenvalue weighted by Gasteiger charge is -2.29. The summed E-state index contributed by atoms with van der Waals surface area (Å²) in [4.78, 5) is 12.1. The number of rotatable bonds is 4. The standard InChI is InChI=1S/C18H21N3O4S2/c1-13-8-10-21(11-9-13)27(23,24)15-6-4-14(5-7-15)19-18(26)20-17(22)16-3-2-12-25-16/h2-7,12-13H,8-11H2,1H3,(H2,19,20,22,26). The molecule has 1 fully saturated rings. The first-order valence-corrected chi connectivity index (χ1v) is 10.5. The molecule has 0 unspecified atom stereocenters. The topological polar surface area (TPSA) is 91.7 Å². The van der Waals surface area contributed by atoms with Crippen molar-refractivity contribution >= 4 is 38.9 Å². The fraction of sp³-hybridized carbons (Fsp3) is 0.333. The Hall–Kier alpha value is -2.23. The van der Waals surface area contributed by atoms with Gasteiger partial charge in [-0.15, -0.1) is 0 Å². The predicted octanol–water partition coefficient (Wildman–Crippen LogP) is 2.83. The van der Waals surface area contributed by atoms with Crippen LogP contribution in [0.3, 0.4) is 0 Å². The van der Waals surface area contributed by atoms with Gasteiger partial charge in [-0.05, 0) is 67.4 Å². The number of piperidine rings is 1. The second kappa shape index (κ2) is 8.20. The molecule has 9 heteroatoms. The maximum absolute atomic E-state index is 12.7. The number of hydrogen-bond acceptors (Lipinski definition) is 5. The van der Waals surface area contributed by atoms with E-state index in [1.807, 2.05) is 0 Å². The van der Waals surface area contributed by atoms with Gasteiger partial charge >= 0.3 is 0 Å². The van der Waals surface area contributed by atoms with Crippen molar-refractivity contribution in [2.24, 2.45) is 5.92 Å². The Balaban J connectivity index is 1.61. The first kappa shape index (κ1) is 19.5. The number of amides is 1. The molecular weight excluding hydrogens is 386 g/mol. The smallest absolute Gasteiger partial charge is 0.293 e. The van der Waals surface area contributed by atoms with Crippen LogP contribution in [0.1, 0.15) is 30.3 Å². The highest BCUT2D eigenvalue weighted by Crippen LogP contribution is 2.24. The molecule has 2 aromatic rings. The van der Waals surface area contributed by atoms with E-state index in [0.29, 0.717) is 24.7 Å². The largest absolute Gasteiger partial charge is 0.459 e. The highest BCUT2D eigenvalue weighted by atomic mass is 32.2. The van der Waals surface area contributed by atoms with Crippen molar-refractivity contribution in [1.82, 2.24) is 9.62 Å². The number of thiocarbonyl (C=S) groups is 1. The quantitative estimate of drug-likeness (QED) is 0.758. The van der Waals surface area contributed by atoms with Crippen molar-refractivity contribution in [1.29, 1.82) is 0 Å². The van der Waals surface area contributed by atoms with E-state index in [1.165, 1.54) is 28.8 Å². The average Bonchev–Trinajstić information content (AvgIpc) is 3.17. The van der Waals surface area contributed by atoms with E-state index in [4.69, 9.17) is 16.6 Å². The summed E-state index contributed by atoms with van der Waals surface area (Å²) in [6, 6.07) is 9.43. The number of nitrogens with zero attached hydrogens (tertiary/aromatic N) is 1. The molecule has 0 aliphatic carbocycles. The minimum absolute atomic E-state index is 0.0945. The SMILES string of the molecule is CC1CCN(S(=O)(=O)c2ccc(NC(=S)NC(=O)c3ccco3)cc2)CC1. The normalized spacial score (nSPS) is 16.0. The number of carbonyl (C=O) groups excluding carboxylic acids is 1. The molecule has 1 saturated heterocycles.